The summed E-state index contributed by atoms with van der Waals surface area (Å²) in [4.78, 5) is 54.8. The standard InChI is InChI=1S/C22H30F4N4O7S/c1-10(2)6-12(16(31)21(4)9-37-21)28-17(32)13(8-36-20(23)24)29-19(34)15(22(25,26)35-5)30-18(33)14-7-27-11(3)38-14/h7,10,12-13,15,20H,6,8-9H2,1-5H3,(H,28,32)(H,29,34)(H,30,33)/t12-,13-,15-,21+/m0/s1. The van der Waals surface area contributed by atoms with Crippen molar-refractivity contribution in [2.45, 2.75) is 70.6 Å². The summed E-state index contributed by atoms with van der Waals surface area (Å²) in [6.07, 6.45) is -3.01. The van der Waals surface area contributed by atoms with Crippen LogP contribution in [-0.2, 0) is 28.6 Å². The van der Waals surface area contributed by atoms with Crippen molar-refractivity contribution < 1.29 is 51.0 Å². The van der Waals surface area contributed by atoms with Gasteiger partial charge in [0.2, 0.25) is 5.91 Å². The first-order chi connectivity index (χ1) is 17.6. The highest BCUT2D eigenvalue weighted by Crippen LogP contribution is 2.29. The minimum Gasteiger partial charge on any atom is -0.361 e. The summed E-state index contributed by atoms with van der Waals surface area (Å²) in [6, 6.07) is -5.73. The molecule has 1 saturated heterocycles. The Kier molecular flexibility index (Phi) is 10.7. The predicted octanol–water partition coefficient (Wildman–Crippen LogP) is 1.40. The number of ketones is 1. The minimum atomic E-state index is -4.27. The molecule has 0 bridgehead atoms. The number of amides is 3. The number of aryl methyl sites for hydroxylation is 1. The highest BCUT2D eigenvalue weighted by atomic mass is 32.1. The zero-order chi connectivity index (χ0) is 28.8. The molecule has 0 aliphatic carbocycles. The Morgan fingerprint density at radius 1 is 1.16 bits per heavy atom. The van der Waals surface area contributed by atoms with Crippen LogP contribution < -0.4 is 16.0 Å². The first-order valence-electron chi connectivity index (χ1n) is 11.4. The van der Waals surface area contributed by atoms with Crippen molar-refractivity contribution in [2.24, 2.45) is 5.92 Å². The molecule has 1 aliphatic heterocycles. The number of epoxide rings is 1. The molecular formula is C22H30F4N4O7S. The van der Waals surface area contributed by atoms with Crippen molar-refractivity contribution in [2.75, 3.05) is 20.3 Å². The van der Waals surface area contributed by atoms with E-state index >= 15 is 0 Å². The number of aromatic nitrogens is 1. The van der Waals surface area contributed by atoms with Gasteiger partial charge < -0.3 is 30.2 Å². The number of methoxy groups -OCH3 is 1. The summed E-state index contributed by atoms with van der Waals surface area (Å²) in [5.41, 5.74) is -1.13. The van der Waals surface area contributed by atoms with Crippen molar-refractivity contribution in [1.82, 2.24) is 20.9 Å². The molecule has 4 atom stereocenters. The van der Waals surface area contributed by atoms with E-state index in [4.69, 9.17) is 4.74 Å². The Morgan fingerprint density at radius 2 is 1.76 bits per heavy atom. The van der Waals surface area contributed by atoms with E-state index < -0.39 is 66.6 Å². The van der Waals surface area contributed by atoms with Gasteiger partial charge in [-0.2, -0.15) is 17.6 Å². The van der Waals surface area contributed by atoms with Gasteiger partial charge in [0.1, 0.15) is 16.5 Å². The smallest absolute Gasteiger partial charge is 0.361 e. The van der Waals surface area contributed by atoms with Gasteiger partial charge in [0.25, 0.3) is 11.8 Å². The molecule has 0 unspecified atom stereocenters. The molecule has 1 fully saturated rings. The van der Waals surface area contributed by atoms with Gasteiger partial charge in [0, 0.05) is 7.11 Å². The third kappa shape index (κ3) is 8.68. The Balaban J connectivity index is 2.25. The van der Waals surface area contributed by atoms with Crippen LogP contribution in [0, 0.1) is 12.8 Å². The van der Waals surface area contributed by atoms with Gasteiger partial charge in [0.15, 0.2) is 11.8 Å². The van der Waals surface area contributed by atoms with Gasteiger partial charge in [0.05, 0.1) is 30.5 Å². The van der Waals surface area contributed by atoms with Gasteiger partial charge in [-0.15, -0.1) is 11.3 Å². The lowest BCUT2D eigenvalue weighted by atomic mass is 9.93. The van der Waals surface area contributed by atoms with Gasteiger partial charge >= 0.3 is 12.7 Å². The van der Waals surface area contributed by atoms with Crippen LogP contribution >= 0.6 is 11.3 Å². The Morgan fingerprint density at radius 3 is 2.24 bits per heavy atom. The van der Waals surface area contributed by atoms with Crippen molar-refractivity contribution >= 4 is 34.8 Å². The molecule has 1 aromatic heterocycles. The van der Waals surface area contributed by atoms with E-state index in [9.17, 15) is 36.7 Å². The lowest BCUT2D eigenvalue weighted by Gasteiger charge is -2.28. The summed E-state index contributed by atoms with van der Waals surface area (Å²) in [6.45, 7) is 2.25. The third-order valence-electron chi connectivity index (χ3n) is 5.45. The summed E-state index contributed by atoms with van der Waals surface area (Å²) in [5.74, 6) is -4.43. The number of Topliss-reactive ketones (excluding diaryl/α,β-unsaturated/α-hetero) is 1. The van der Waals surface area contributed by atoms with E-state index in [-0.39, 0.29) is 23.8 Å². The largest absolute Gasteiger partial charge is 0.384 e. The molecule has 0 saturated carbocycles. The fourth-order valence-electron chi connectivity index (χ4n) is 3.29. The average molecular weight is 571 g/mol. The number of ether oxygens (including phenoxy) is 3. The Hall–Kier alpha value is -2.69. The lowest BCUT2D eigenvalue weighted by Crippen LogP contribution is -2.62. The molecule has 1 aromatic rings. The van der Waals surface area contributed by atoms with Crippen LogP contribution in [0.3, 0.4) is 0 Å². The maximum atomic E-state index is 14.5. The lowest BCUT2D eigenvalue weighted by molar-refractivity contribution is -0.236. The Bertz CT molecular complexity index is 1020. The van der Waals surface area contributed by atoms with E-state index in [1.807, 2.05) is 10.6 Å². The second-order valence-corrected chi connectivity index (χ2v) is 10.4. The number of nitrogens with one attached hydrogen (secondary N) is 3. The molecule has 3 N–H and O–H groups in total. The van der Waals surface area contributed by atoms with Gasteiger partial charge in [-0.05, 0) is 26.2 Å². The quantitative estimate of drug-likeness (QED) is 0.212. The maximum Gasteiger partial charge on any atom is 0.384 e. The zero-order valence-electron chi connectivity index (χ0n) is 21.3. The van der Waals surface area contributed by atoms with E-state index in [1.54, 1.807) is 20.8 Å². The number of rotatable bonds is 15. The second-order valence-electron chi connectivity index (χ2n) is 9.15. The first kappa shape index (κ1) is 31.5. The molecule has 0 spiro atoms. The number of carbonyl (C=O) groups excluding carboxylic acids is 4. The molecule has 0 aromatic carbocycles. The van der Waals surface area contributed by atoms with E-state index in [0.29, 0.717) is 12.1 Å². The van der Waals surface area contributed by atoms with Crippen molar-refractivity contribution in [3.05, 3.63) is 16.1 Å². The Labute approximate surface area is 220 Å². The van der Waals surface area contributed by atoms with Crippen LogP contribution in [0.4, 0.5) is 17.6 Å². The molecule has 2 rings (SSSR count). The number of hydrogen-bond donors (Lipinski definition) is 3. The van der Waals surface area contributed by atoms with Crippen molar-refractivity contribution in [3.8, 4) is 0 Å². The SMILES string of the molecule is COC(F)(F)[C@@H](NC(=O)c1cnc(C)s1)C(=O)N[C@@H](COC(F)F)C(=O)N[C@@H](CC(C)C)C(=O)[C@@]1(C)CO1. The van der Waals surface area contributed by atoms with E-state index in [0.717, 1.165) is 17.5 Å². The summed E-state index contributed by atoms with van der Waals surface area (Å²) >= 11 is 0.869. The molecule has 1 aliphatic rings. The second kappa shape index (κ2) is 12.9. The minimum absolute atomic E-state index is 0.0895. The van der Waals surface area contributed by atoms with Crippen LogP contribution in [0.5, 0.6) is 0 Å². The summed E-state index contributed by atoms with van der Waals surface area (Å²) < 4.78 is 67.8. The fourth-order valence-corrected chi connectivity index (χ4v) is 3.97. The first-order valence-corrected chi connectivity index (χ1v) is 12.3. The number of halogens is 4. The van der Waals surface area contributed by atoms with E-state index in [2.05, 4.69) is 19.8 Å². The normalized spacial score (nSPS) is 19.6. The number of thiazole rings is 1. The average Bonchev–Trinajstić information content (AvgIpc) is 3.43. The fraction of sp³-hybridized carbons (Fsp3) is 0.682. The molecule has 38 heavy (non-hydrogen) atoms. The molecule has 16 heteroatoms. The van der Waals surface area contributed by atoms with Crippen LogP contribution in [0.15, 0.2) is 6.20 Å². The van der Waals surface area contributed by atoms with Crippen LogP contribution in [0.1, 0.15) is 41.9 Å². The van der Waals surface area contributed by atoms with Crippen molar-refractivity contribution in [3.63, 3.8) is 0 Å². The molecule has 2 heterocycles. The van der Waals surface area contributed by atoms with E-state index in [1.165, 1.54) is 6.92 Å². The summed E-state index contributed by atoms with van der Waals surface area (Å²) in [5, 5.41) is 6.52. The van der Waals surface area contributed by atoms with Crippen molar-refractivity contribution in [1.29, 1.82) is 0 Å². The third-order valence-corrected chi connectivity index (χ3v) is 6.36. The number of nitrogens with zero attached hydrogens (tertiary/aromatic N) is 1. The highest BCUT2D eigenvalue weighted by Gasteiger charge is 2.51. The summed E-state index contributed by atoms with van der Waals surface area (Å²) in [7, 11) is 0.579. The highest BCUT2D eigenvalue weighted by molar-refractivity contribution is 7.13. The molecular weight excluding hydrogens is 540 g/mol. The molecule has 0 radical (unpaired) electrons. The van der Waals surface area contributed by atoms with Gasteiger partial charge in [-0.1, -0.05) is 13.8 Å². The molecule has 11 nitrogen and oxygen atoms in total. The molecule has 214 valence electrons. The van der Waals surface area contributed by atoms with Gasteiger partial charge in [-0.25, -0.2) is 4.98 Å². The van der Waals surface area contributed by atoms with Gasteiger partial charge in [-0.3, -0.25) is 19.2 Å². The van der Waals surface area contributed by atoms with Crippen LogP contribution in [0.25, 0.3) is 0 Å². The molecule has 3 amide bonds. The number of alkyl halides is 4. The topological polar surface area (TPSA) is 148 Å². The number of carbonyl (C=O) groups is 4. The predicted molar refractivity (Wildman–Crippen MR) is 125 cm³/mol. The number of hydrogen-bond acceptors (Lipinski definition) is 9. The van der Waals surface area contributed by atoms with Crippen LogP contribution in [0.2, 0.25) is 0 Å². The maximum absolute atomic E-state index is 14.5. The van der Waals surface area contributed by atoms with Crippen LogP contribution in [-0.4, -0.2) is 85.3 Å². The monoisotopic (exact) mass is 570 g/mol. The zero-order valence-corrected chi connectivity index (χ0v) is 22.1.